The molecule has 7 rings (SSSR count). The molecule has 0 N–H and O–H groups in total. The lowest BCUT2D eigenvalue weighted by Gasteiger charge is -2.12. The number of fused-ring (bicyclic) bond motifs is 5. The average Bonchev–Trinajstić information content (AvgIpc) is 3.45. The fourth-order valence-corrected chi connectivity index (χ4v) is 5.19. The Morgan fingerprint density at radius 2 is 1.09 bits per heavy atom. The molecule has 0 aliphatic heterocycles. The molecule has 3 nitrogen and oxygen atoms in total. The van der Waals surface area contributed by atoms with Gasteiger partial charge in [0.15, 0.2) is 0 Å². The molecule has 4 heteroatoms. The monoisotopic (exact) mass is 469 g/mol. The van der Waals surface area contributed by atoms with E-state index in [0.29, 0.717) is 5.02 Å². The van der Waals surface area contributed by atoms with Crippen LogP contribution >= 0.6 is 11.6 Å². The summed E-state index contributed by atoms with van der Waals surface area (Å²) >= 11 is 6.56. The van der Waals surface area contributed by atoms with Gasteiger partial charge in [-0.3, -0.25) is 8.97 Å². The van der Waals surface area contributed by atoms with Gasteiger partial charge in [0.25, 0.3) is 0 Å². The van der Waals surface area contributed by atoms with Crippen molar-refractivity contribution in [1.82, 2.24) is 14.0 Å². The van der Waals surface area contributed by atoms with E-state index < -0.39 is 0 Å². The van der Waals surface area contributed by atoms with Gasteiger partial charge in [-0.1, -0.05) is 90.5 Å². The lowest BCUT2D eigenvalue weighted by molar-refractivity contribution is 1.11. The number of imidazole rings is 2. The van der Waals surface area contributed by atoms with Gasteiger partial charge in [0.2, 0.25) is 5.78 Å². The van der Waals surface area contributed by atoms with Crippen molar-refractivity contribution < 1.29 is 0 Å². The predicted molar refractivity (Wildman–Crippen MR) is 145 cm³/mol. The molecule has 0 fully saturated rings. The zero-order chi connectivity index (χ0) is 23.4. The maximum Gasteiger partial charge on any atom is 0.220 e. The van der Waals surface area contributed by atoms with Gasteiger partial charge < -0.3 is 0 Å². The minimum Gasteiger partial charge on any atom is -0.278 e. The van der Waals surface area contributed by atoms with E-state index in [0.717, 1.165) is 44.7 Å². The normalized spacial score (nSPS) is 11.6. The number of para-hydroxylation sites is 3. The van der Waals surface area contributed by atoms with E-state index in [4.69, 9.17) is 16.6 Å². The van der Waals surface area contributed by atoms with Crippen molar-refractivity contribution in [3.05, 3.63) is 126 Å². The molecule has 7 aromatic rings. The van der Waals surface area contributed by atoms with Crippen LogP contribution in [-0.4, -0.2) is 14.0 Å². The van der Waals surface area contributed by atoms with E-state index in [1.54, 1.807) is 0 Å². The number of aromatic nitrogens is 3. The first-order valence-electron chi connectivity index (χ1n) is 11.6. The van der Waals surface area contributed by atoms with Crippen LogP contribution in [0.15, 0.2) is 121 Å². The summed E-state index contributed by atoms with van der Waals surface area (Å²) in [5.74, 6) is 0.846. The van der Waals surface area contributed by atoms with Gasteiger partial charge in [0.1, 0.15) is 5.52 Å². The van der Waals surface area contributed by atoms with E-state index in [1.807, 2.05) is 24.3 Å². The number of nitrogens with zero attached hydrogens (tertiary/aromatic N) is 3. The molecule has 166 valence electrons. The van der Waals surface area contributed by atoms with Crippen molar-refractivity contribution in [2.24, 2.45) is 0 Å². The fourth-order valence-electron chi connectivity index (χ4n) is 4.98. The number of hydrogen-bond donors (Lipinski definition) is 0. The molecular weight excluding hydrogens is 450 g/mol. The lowest BCUT2D eigenvalue weighted by Crippen LogP contribution is -1.97. The predicted octanol–water partition coefficient (Wildman–Crippen LogP) is 8.42. The minimum atomic E-state index is 0.657. The Labute approximate surface area is 207 Å². The number of halogens is 1. The summed E-state index contributed by atoms with van der Waals surface area (Å²) in [6.45, 7) is 0. The van der Waals surface area contributed by atoms with Crippen LogP contribution in [0, 0.1) is 0 Å². The molecule has 2 heterocycles. The maximum atomic E-state index is 6.56. The molecular formula is C31H20ClN3. The molecule has 0 radical (unpaired) electrons. The van der Waals surface area contributed by atoms with Gasteiger partial charge in [-0.05, 0) is 64.7 Å². The summed E-state index contributed by atoms with van der Waals surface area (Å²) in [6, 6.07) is 42.2. The molecule has 0 saturated carbocycles. The van der Waals surface area contributed by atoms with Crippen molar-refractivity contribution >= 4 is 39.4 Å². The van der Waals surface area contributed by atoms with E-state index in [1.165, 1.54) is 11.1 Å². The van der Waals surface area contributed by atoms with Crippen LogP contribution in [-0.2, 0) is 0 Å². The van der Waals surface area contributed by atoms with Gasteiger partial charge in [0.05, 0.1) is 27.3 Å². The van der Waals surface area contributed by atoms with Crippen LogP contribution in [0.25, 0.3) is 55.8 Å². The van der Waals surface area contributed by atoms with Crippen molar-refractivity contribution in [3.63, 3.8) is 0 Å². The molecule has 0 aliphatic rings. The summed E-state index contributed by atoms with van der Waals surface area (Å²) in [4.78, 5) is 5.03. The maximum absolute atomic E-state index is 6.56. The summed E-state index contributed by atoms with van der Waals surface area (Å²) in [5.41, 5.74) is 9.74. The van der Waals surface area contributed by atoms with E-state index in [9.17, 15) is 0 Å². The molecule has 5 aromatic carbocycles. The summed E-state index contributed by atoms with van der Waals surface area (Å²) in [7, 11) is 0. The minimum absolute atomic E-state index is 0.657. The average molecular weight is 470 g/mol. The van der Waals surface area contributed by atoms with Gasteiger partial charge >= 0.3 is 0 Å². The van der Waals surface area contributed by atoms with Crippen LogP contribution < -0.4 is 0 Å². The highest BCUT2D eigenvalue weighted by Crippen LogP contribution is 2.35. The third-order valence-electron chi connectivity index (χ3n) is 6.57. The first kappa shape index (κ1) is 20.1. The highest BCUT2D eigenvalue weighted by molar-refractivity contribution is 6.35. The van der Waals surface area contributed by atoms with Crippen LogP contribution in [0.1, 0.15) is 0 Å². The zero-order valence-electron chi connectivity index (χ0n) is 18.8. The topological polar surface area (TPSA) is 22.2 Å². The molecule has 0 atom stereocenters. The quantitative estimate of drug-likeness (QED) is 0.254. The lowest BCUT2D eigenvalue weighted by atomic mass is 9.98. The van der Waals surface area contributed by atoms with Gasteiger partial charge in [0, 0.05) is 0 Å². The third kappa shape index (κ3) is 3.17. The Morgan fingerprint density at radius 1 is 0.514 bits per heavy atom. The van der Waals surface area contributed by atoms with E-state index in [-0.39, 0.29) is 0 Å². The Balaban J connectivity index is 1.60. The van der Waals surface area contributed by atoms with Gasteiger partial charge in [-0.15, -0.1) is 0 Å². The standard InChI is InChI=1S/C31H20ClN3/c32-26-14-9-17-29-30(26)33-31-34(27-15-7-8-16-28(27)35(29)31)25-19-23(21-10-3-1-4-11-21)18-24(20-25)22-12-5-2-6-13-22/h1-20H. The van der Waals surface area contributed by atoms with E-state index in [2.05, 4.69) is 106 Å². The van der Waals surface area contributed by atoms with Crippen molar-refractivity contribution in [1.29, 1.82) is 0 Å². The molecule has 0 aliphatic carbocycles. The highest BCUT2D eigenvalue weighted by atomic mass is 35.5. The van der Waals surface area contributed by atoms with E-state index >= 15 is 0 Å². The summed E-state index contributed by atoms with van der Waals surface area (Å²) in [6.07, 6.45) is 0. The van der Waals surface area contributed by atoms with Crippen molar-refractivity contribution in [2.45, 2.75) is 0 Å². The third-order valence-corrected chi connectivity index (χ3v) is 6.88. The smallest absolute Gasteiger partial charge is 0.220 e. The Hall–Kier alpha value is -4.34. The SMILES string of the molecule is Clc1cccc2c1nc1n(-c3cc(-c4ccccc4)cc(-c4ccccc4)c3)c3ccccc3n21. The Kier molecular flexibility index (Phi) is 4.51. The fraction of sp³-hybridized carbons (Fsp3) is 0. The molecule has 0 saturated heterocycles. The van der Waals surface area contributed by atoms with Gasteiger partial charge in [-0.25, -0.2) is 4.98 Å². The van der Waals surface area contributed by atoms with Gasteiger partial charge in [-0.2, -0.15) is 0 Å². The molecule has 2 aromatic heterocycles. The zero-order valence-corrected chi connectivity index (χ0v) is 19.5. The Bertz CT molecular complexity index is 1790. The largest absolute Gasteiger partial charge is 0.278 e. The second kappa shape index (κ2) is 7.86. The van der Waals surface area contributed by atoms with Crippen LogP contribution in [0.3, 0.4) is 0 Å². The first-order valence-corrected chi connectivity index (χ1v) is 12.0. The van der Waals surface area contributed by atoms with Crippen LogP contribution in [0.2, 0.25) is 5.02 Å². The molecule has 35 heavy (non-hydrogen) atoms. The van der Waals surface area contributed by atoms with Crippen molar-refractivity contribution in [3.8, 4) is 27.9 Å². The van der Waals surface area contributed by atoms with Crippen LogP contribution in [0.4, 0.5) is 0 Å². The summed E-state index contributed by atoms with van der Waals surface area (Å²) in [5, 5.41) is 0.657. The molecule has 0 unspecified atom stereocenters. The second-order valence-corrected chi connectivity index (χ2v) is 9.09. The van der Waals surface area contributed by atoms with Crippen LogP contribution in [0.5, 0.6) is 0 Å². The Morgan fingerprint density at radius 3 is 1.74 bits per heavy atom. The number of hydrogen-bond acceptors (Lipinski definition) is 1. The molecule has 0 bridgehead atoms. The molecule has 0 amide bonds. The second-order valence-electron chi connectivity index (χ2n) is 8.68. The summed E-state index contributed by atoms with van der Waals surface area (Å²) < 4.78 is 4.44. The molecule has 0 spiro atoms. The number of rotatable bonds is 3. The van der Waals surface area contributed by atoms with Crippen molar-refractivity contribution in [2.75, 3.05) is 0 Å². The first-order chi connectivity index (χ1) is 17.3. The highest BCUT2D eigenvalue weighted by Gasteiger charge is 2.19. The number of benzene rings is 5.